The van der Waals surface area contributed by atoms with E-state index in [4.69, 9.17) is 0 Å². The van der Waals surface area contributed by atoms with Crippen molar-refractivity contribution in [1.82, 2.24) is 15.1 Å². The van der Waals surface area contributed by atoms with E-state index in [0.717, 1.165) is 10.7 Å². The first-order valence-corrected chi connectivity index (χ1v) is 5.95. The van der Waals surface area contributed by atoms with Crippen LogP contribution in [-0.4, -0.2) is 41.7 Å². The number of ether oxygens (including phenoxy) is 1. The van der Waals surface area contributed by atoms with Crippen LogP contribution < -0.4 is 5.32 Å². The summed E-state index contributed by atoms with van der Waals surface area (Å²) in [5, 5.41) is 8.21. The monoisotopic (exact) mass is 243 g/mol. The Morgan fingerprint density at radius 1 is 1.75 bits per heavy atom. The van der Waals surface area contributed by atoms with E-state index in [1.807, 2.05) is 24.7 Å². The highest BCUT2D eigenvalue weighted by molar-refractivity contribution is 7.99. The molecule has 16 heavy (non-hydrogen) atoms. The van der Waals surface area contributed by atoms with Crippen LogP contribution in [0.2, 0.25) is 0 Å². The zero-order valence-corrected chi connectivity index (χ0v) is 10.8. The maximum Gasteiger partial charge on any atom is 0.323 e. The minimum Gasteiger partial charge on any atom is -0.468 e. The second kappa shape index (κ2) is 5.91. The summed E-state index contributed by atoms with van der Waals surface area (Å²) >= 11 is 1.58. The number of rotatable bonds is 5. The van der Waals surface area contributed by atoms with Crippen LogP contribution in [0.25, 0.3) is 0 Å². The average molecular weight is 243 g/mol. The highest BCUT2D eigenvalue weighted by Crippen LogP contribution is 2.19. The number of esters is 1. The molecule has 6 heteroatoms. The van der Waals surface area contributed by atoms with Gasteiger partial charge in [0.1, 0.15) is 6.04 Å². The van der Waals surface area contributed by atoms with Crippen molar-refractivity contribution >= 4 is 17.7 Å². The molecule has 5 nitrogen and oxygen atoms in total. The molecule has 1 heterocycles. The predicted molar refractivity (Wildman–Crippen MR) is 63.5 cm³/mol. The second-order valence-corrected chi connectivity index (χ2v) is 4.46. The van der Waals surface area contributed by atoms with Gasteiger partial charge in [0, 0.05) is 12.8 Å². The van der Waals surface area contributed by atoms with E-state index in [0.29, 0.717) is 5.75 Å². The lowest BCUT2D eigenvalue weighted by molar-refractivity contribution is -0.142. The van der Waals surface area contributed by atoms with Crippen LogP contribution in [0.4, 0.5) is 0 Å². The van der Waals surface area contributed by atoms with E-state index in [-0.39, 0.29) is 12.0 Å². The average Bonchev–Trinajstić information content (AvgIpc) is 2.58. The minimum atomic E-state index is -0.287. The Balaban J connectivity index is 2.56. The van der Waals surface area contributed by atoms with Gasteiger partial charge in [-0.3, -0.25) is 9.48 Å². The molecule has 0 aromatic carbocycles. The van der Waals surface area contributed by atoms with Crippen molar-refractivity contribution in [3.63, 3.8) is 0 Å². The van der Waals surface area contributed by atoms with E-state index in [9.17, 15) is 4.79 Å². The molecule has 0 amide bonds. The number of methoxy groups -OCH3 is 1. The molecule has 1 aromatic heterocycles. The van der Waals surface area contributed by atoms with Crippen LogP contribution in [0.5, 0.6) is 0 Å². The molecule has 1 unspecified atom stereocenters. The lowest BCUT2D eigenvalue weighted by Crippen LogP contribution is -2.37. The Morgan fingerprint density at radius 2 is 2.44 bits per heavy atom. The molecule has 1 rings (SSSR count). The maximum absolute atomic E-state index is 11.3. The van der Waals surface area contributed by atoms with Gasteiger partial charge in [-0.25, -0.2) is 0 Å². The van der Waals surface area contributed by atoms with Gasteiger partial charge >= 0.3 is 5.97 Å². The first-order chi connectivity index (χ1) is 7.58. The van der Waals surface area contributed by atoms with Gasteiger partial charge in [0.2, 0.25) is 0 Å². The molecule has 1 N–H and O–H groups in total. The lowest BCUT2D eigenvalue weighted by atomic mass is 10.3. The Kier molecular flexibility index (Phi) is 4.82. The fourth-order valence-corrected chi connectivity index (χ4v) is 2.42. The summed E-state index contributed by atoms with van der Waals surface area (Å²) in [5.41, 5.74) is 0.976. The number of hydrogen-bond donors (Lipinski definition) is 1. The zero-order valence-electron chi connectivity index (χ0n) is 9.98. The number of aryl methyl sites for hydroxylation is 2. The van der Waals surface area contributed by atoms with E-state index in [1.165, 1.54) is 7.11 Å². The summed E-state index contributed by atoms with van der Waals surface area (Å²) in [6.07, 6.45) is 0. The number of carbonyl (C=O) groups excluding carboxylic acids is 1. The number of hydrogen-bond acceptors (Lipinski definition) is 5. The normalized spacial score (nSPS) is 12.5. The van der Waals surface area contributed by atoms with Crippen LogP contribution in [0, 0.1) is 6.92 Å². The van der Waals surface area contributed by atoms with E-state index < -0.39 is 0 Å². The van der Waals surface area contributed by atoms with Gasteiger partial charge in [-0.1, -0.05) is 0 Å². The third-order valence-corrected chi connectivity index (χ3v) is 3.37. The fourth-order valence-electron chi connectivity index (χ4n) is 1.30. The number of likely N-dealkylation sites (N-methyl/N-ethyl adjacent to an activating group) is 1. The number of nitrogens with one attached hydrogen (secondary N) is 1. The smallest absolute Gasteiger partial charge is 0.323 e. The Labute approximate surface area is 99.5 Å². The molecule has 0 fully saturated rings. The molecule has 0 aliphatic rings. The van der Waals surface area contributed by atoms with Crippen LogP contribution in [0.1, 0.15) is 5.69 Å². The summed E-state index contributed by atoms with van der Waals surface area (Å²) in [6, 6.07) is 1.71. The van der Waals surface area contributed by atoms with Crippen molar-refractivity contribution < 1.29 is 9.53 Å². The van der Waals surface area contributed by atoms with Crippen molar-refractivity contribution in [2.45, 2.75) is 18.0 Å². The molecule has 0 radical (unpaired) electrons. The summed E-state index contributed by atoms with van der Waals surface area (Å²) in [4.78, 5) is 11.3. The van der Waals surface area contributed by atoms with Gasteiger partial charge in [-0.2, -0.15) is 5.10 Å². The van der Waals surface area contributed by atoms with Crippen LogP contribution in [0.15, 0.2) is 11.1 Å². The Bertz CT molecular complexity index is 365. The molecular formula is C10H17N3O2S. The first-order valence-electron chi connectivity index (χ1n) is 4.97. The van der Waals surface area contributed by atoms with Crippen molar-refractivity contribution in [1.29, 1.82) is 0 Å². The van der Waals surface area contributed by atoms with Crippen molar-refractivity contribution in [2.75, 3.05) is 19.9 Å². The number of thioether (sulfide) groups is 1. The molecule has 0 spiro atoms. The van der Waals surface area contributed by atoms with Gasteiger partial charge in [0.25, 0.3) is 0 Å². The Morgan fingerprint density at radius 3 is 2.88 bits per heavy atom. The molecule has 0 saturated heterocycles. The van der Waals surface area contributed by atoms with Gasteiger partial charge in [0.05, 0.1) is 17.8 Å². The summed E-state index contributed by atoms with van der Waals surface area (Å²) in [6.45, 7) is 1.94. The van der Waals surface area contributed by atoms with Gasteiger partial charge in [-0.05, 0) is 20.0 Å². The van der Waals surface area contributed by atoms with Crippen LogP contribution in [-0.2, 0) is 16.6 Å². The fraction of sp³-hybridized carbons (Fsp3) is 0.600. The predicted octanol–water partition coefficient (Wildman–Crippen LogP) is 0.582. The molecule has 0 saturated carbocycles. The lowest BCUT2D eigenvalue weighted by Gasteiger charge is -2.12. The van der Waals surface area contributed by atoms with Gasteiger partial charge < -0.3 is 10.1 Å². The van der Waals surface area contributed by atoms with Crippen molar-refractivity contribution in [2.24, 2.45) is 7.05 Å². The summed E-state index contributed by atoms with van der Waals surface area (Å²) < 4.78 is 6.50. The standard InChI is InChI=1S/C10H17N3O2S/c1-7-5-9(13(3)12-7)16-6-8(11-2)10(14)15-4/h5,8,11H,6H2,1-4H3. The molecule has 0 aliphatic heterocycles. The molecule has 0 bridgehead atoms. The molecule has 0 aliphatic carbocycles. The number of nitrogens with zero attached hydrogens (tertiary/aromatic N) is 2. The topological polar surface area (TPSA) is 56.2 Å². The number of aromatic nitrogens is 2. The first kappa shape index (κ1) is 13.1. The molecule has 1 atom stereocenters. The van der Waals surface area contributed by atoms with E-state index >= 15 is 0 Å². The van der Waals surface area contributed by atoms with Gasteiger partial charge in [-0.15, -0.1) is 11.8 Å². The highest BCUT2D eigenvalue weighted by atomic mass is 32.2. The van der Waals surface area contributed by atoms with Gasteiger partial charge in [0.15, 0.2) is 0 Å². The Hall–Kier alpha value is -1.01. The van der Waals surface area contributed by atoms with E-state index in [2.05, 4.69) is 15.2 Å². The van der Waals surface area contributed by atoms with Crippen molar-refractivity contribution in [3.05, 3.63) is 11.8 Å². The number of carbonyl (C=O) groups is 1. The highest BCUT2D eigenvalue weighted by Gasteiger charge is 2.17. The minimum absolute atomic E-state index is 0.242. The third kappa shape index (κ3) is 3.24. The summed E-state index contributed by atoms with van der Waals surface area (Å²) in [5.74, 6) is 0.385. The van der Waals surface area contributed by atoms with E-state index in [1.54, 1.807) is 18.8 Å². The maximum atomic E-state index is 11.3. The SMILES string of the molecule is CNC(CSc1cc(C)nn1C)C(=O)OC. The quantitative estimate of drug-likeness (QED) is 0.605. The van der Waals surface area contributed by atoms with Crippen molar-refractivity contribution in [3.8, 4) is 0 Å². The zero-order chi connectivity index (χ0) is 12.1. The van der Waals surface area contributed by atoms with Crippen LogP contribution in [0.3, 0.4) is 0 Å². The molecule has 90 valence electrons. The molecular weight excluding hydrogens is 226 g/mol. The third-order valence-electron chi connectivity index (χ3n) is 2.19. The summed E-state index contributed by atoms with van der Waals surface area (Å²) in [7, 11) is 5.03. The van der Waals surface area contributed by atoms with Crippen LogP contribution >= 0.6 is 11.8 Å². The molecule has 1 aromatic rings. The largest absolute Gasteiger partial charge is 0.468 e. The second-order valence-electron chi connectivity index (χ2n) is 3.42.